The zero-order valence-electron chi connectivity index (χ0n) is 8.83. The van der Waals surface area contributed by atoms with E-state index in [0.29, 0.717) is 0 Å². The third kappa shape index (κ3) is 2.33. The van der Waals surface area contributed by atoms with E-state index in [1.165, 1.54) is 5.57 Å². The molecule has 0 saturated carbocycles. The highest BCUT2D eigenvalue weighted by atomic mass is 35.5. The number of nitrogen functional groups attached to an aromatic ring is 1. The van der Waals surface area contributed by atoms with Crippen LogP contribution in [0, 0.1) is 0 Å². The van der Waals surface area contributed by atoms with Gasteiger partial charge in [0.05, 0.1) is 0 Å². The van der Waals surface area contributed by atoms with E-state index in [9.17, 15) is 0 Å². The number of rotatable bonds is 1. The van der Waals surface area contributed by atoms with Gasteiger partial charge >= 0.3 is 0 Å². The molecule has 80 valence electrons. The second kappa shape index (κ2) is 4.25. The summed E-state index contributed by atoms with van der Waals surface area (Å²) >= 11 is 5.97. The highest BCUT2D eigenvalue weighted by molar-refractivity contribution is 6.30. The van der Waals surface area contributed by atoms with Crippen molar-refractivity contribution in [3.05, 3.63) is 34.9 Å². The first-order valence-corrected chi connectivity index (χ1v) is 5.47. The largest absolute Gasteiger partial charge is 0.398 e. The molecule has 1 heterocycles. The second-order valence-corrected chi connectivity index (χ2v) is 4.41. The Labute approximate surface area is 95.3 Å². The van der Waals surface area contributed by atoms with Crippen LogP contribution in [-0.4, -0.2) is 25.0 Å². The first-order valence-electron chi connectivity index (χ1n) is 5.10. The molecular formula is C12H15ClN2. The molecule has 0 bridgehead atoms. The Kier molecular flexibility index (Phi) is 2.98. The minimum Gasteiger partial charge on any atom is -0.398 e. The normalized spacial score (nSPS) is 17.6. The number of hydrogen-bond donors (Lipinski definition) is 1. The average molecular weight is 223 g/mol. The van der Waals surface area contributed by atoms with Gasteiger partial charge in [-0.25, -0.2) is 0 Å². The second-order valence-electron chi connectivity index (χ2n) is 3.97. The van der Waals surface area contributed by atoms with Gasteiger partial charge in [-0.2, -0.15) is 0 Å². The first-order chi connectivity index (χ1) is 7.16. The maximum atomic E-state index is 5.97. The Hall–Kier alpha value is -0.990. The summed E-state index contributed by atoms with van der Waals surface area (Å²) in [4.78, 5) is 2.28. The zero-order valence-corrected chi connectivity index (χ0v) is 9.59. The van der Waals surface area contributed by atoms with Crippen LogP contribution in [0.2, 0.25) is 5.02 Å². The molecule has 1 aromatic rings. The number of anilines is 1. The number of benzene rings is 1. The molecule has 2 nitrogen and oxygen atoms in total. The summed E-state index contributed by atoms with van der Waals surface area (Å²) in [5.41, 5.74) is 9.16. The zero-order chi connectivity index (χ0) is 10.8. The van der Waals surface area contributed by atoms with E-state index < -0.39 is 0 Å². The third-order valence-corrected chi connectivity index (χ3v) is 3.01. The highest BCUT2D eigenvalue weighted by Gasteiger charge is 2.11. The highest BCUT2D eigenvalue weighted by Crippen LogP contribution is 2.28. The van der Waals surface area contributed by atoms with Gasteiger partial charge in [-0.1, -0.05) is 17.7 Å². The van der Waals surface area contributed by atoms with Gasteiger partial charge in [0.25, 0.3) is 0 Å². The van der Waals surface area contributed by atoms with Crippen molar-refractivity contribution in [1.29, 1.82) is 0 Å². The van der Waals surface area contributed by atoms with Crippen LogP contribution in [0.25, 0.3) is 5.57 Å². The van der Waals surface area contributed by atoms with Crippen LogP contribution in [-0.2, 0) is 0 Å². The van der Waals surface area contributed by atoms with Crippen LogP contribution in [0.15, 0.2) is 24.3 Å². The monoisotopic (exact) mass is 222 g/mol. The molecule has 0 radical (unpaired) electrons. The topological polar surface area (TPSA) is 29.3 Å². The van der Waals surface area contributed by atoms with E-state index in [1.54, 1.807) is 0 Å². The average Bonchev–Trinajstić information content (AvgIpc) is 2.23. The Morgan fingerprint density at radius 3 is 2.87 bits per heavy atom. The molecule has 0 saturated heterocycles. The number of likely N-dealkylation sites (N-methyl/N-ethyl adjacent to an activating group) is 1. The number of hydrogen-bond acceptors (Lipinski definition) is 2. The van der Waals surface area contributed by atoms with Gasteiger partial charge in [0.2, 0.25) is 0 Å². The van der Waals surface area contributed by atoms with Gasteiger partial charge in [-0.05, 0) is 37.2 Å². The molecule has 0 aromatic heterocycles. The van der Waals surface area contributed by atoms with Crippen molar-refractivity contribution < 1.29 is 0 Å². The van der Waals surface area contributed by atoms with E-state index in [1.807, 2.05) is 18.2 Å². The third-order valence-electron chi connectivity index (χ3n) is 2.77. The fourth-order valence-corrected chi connectivity index (χ4v) is 1.99. The minimum atomic E-state index is 0.749. The van der Waals surface area contributed by atoms with Gasteiger partial charge in [0, 0.05) is 29.4 Å². The first kappa shape index (κ1) is 10.5. The summed E-state index contributed by atoms with van der Waals surface area (Å²) in [6.45, 7) is 2.07. The maximum absolute atomic E-state index is 5.97. The van der Waals surface area contributed by atoms with Crippen molar-refractivity contribution in [2.24, 2.45) is 0 Å². The molecule has 2 N–H and O–H groups in total. The summed E-state index contributed by atoms with van der Waals surface area (Å²) in [5, 5.41) is 0.749. The SMILES string of the molecule is CN1CC=C(c2cc(Cl)ccc2N)CC1. The molecule has 0 unspecified atom stereocenters. The summed E-state index contributed by atoms with van der Waals surface area (Å²) in [7, 11) is 2.12. The molecule has 0 amide bonds. The smallest absolute Gasteiger partial charge is 0.0413 e. The van der Waals surface area contributed by atoms with Crippen molar-refractivity contribution in [1.82, 2.24) is 4.90 Å². The van der Waals surface area contributed by atoms with Crippen molar-refractivity contribution in [3.8, 4) is 0 Å². The quantitative estimate of drug-likeness (QED) is 0.741. The Bertz CT molecular complexity index is 399. The minimum absolute atomic E-state index is 0.749. The summed E-state index contributed by atoms with van der Waals surface area (Å²) in [6.07, 6.45) is 3.27. The predicted octanol–water partition coefficient (Wildman–Crippen LogP) is 2.64. The van der Waals surface area contributed by atoms with Gasteiger partial charge < -0.3 is 10.6 Å². The van der Waals surface area contributed by atoms with Gasteiger partial charge in [0.15, 0.2) is 0 Å². The van der Waals surface area contributed by atoms with E-state index in [-0.39, 0.29) is 0 Å². The van der Waals surface area contributed by atoms with E-state index in [0.717, 1.165) is 35.8 Å². The molecule has 3 heteroatoms. The number of halogens is 1. The molecule has 0 spiro atoms. The standard InChI is InChI=1S/C12H15ClN2/c1-15-6-4-9(5-7-15)11-8-10(13)2-3-12(11)14/h2-4,8H,5-7,14H2,1H3. The van der Waals surface area contributed by atoms with Gasteiger partial charge in [-0.15, -0.1) is 0 Å². The molecule has 0 atom stereocenters. The van der Waals surface area contributed by atoms with Crippen LogP contribution in [0.1, 0.15) is 12.0 Å². The lowest BCUT2D eigenvalue weighted by Gasteiger charge is -2.22. The van der Waals surface area contributed by atoms with Crippen LogP contribution in [0.4, 0.5) is 5.69 Å². The molecule has 15 heavy (non-hydrogen) atoms. The molecule has 0 aliphatic carbocycles. The van der Waals surface area contributed by atoms with Crippen LogP contribution in [0.3, 0.4) is 0 Å². The van der Waals surface area contributed by atoms with Crippen LogP contribution >= 0.6 is 11.6 Å². The molecule has 2 rings (SSSR count). The number of nitrogens with zero attached hydrogens (tertiary/aromatic N) is 1. The summed E-state index contributed by atoms with van der Waals surface area (Å²) < 4.78 is 0. The molecule has 1 aliphatic heterocycles. The van der Waals surface area contributed by atoms with Crippen molar-refractivity contribution >= 4 is 22.9 Å². The van der Waals surface area contributed by atoms with E-state index >= 15 is 0 Å². The number of nitrogens with two attached hydrogens (primary N) is 1. The maximum Gasteiger partial charge on any atom is 0.0413 e. The van der Waals surface area contributed by atoms with E-state index in [2.05, 4.69) is 18.0 Å². The molecular weight excluding hydrogens is 208 g/mol. The Morgan fingerprint density at radius 2 is 2.20 bits per heavy atom. The van der Waals surface area contributed by atoms with Crippen molar-refractivity contribution in [2.45, 2.75) is 6.42 Å². The molecule has 1 aromatic carbocycles. The van der Waals surface area contributed by atoms with E-state index in [4.69, 9.17) is 17.3 Å². The van der Waals surface area contributed by atoms with Crippen LogP contribution in [0.5, 0.6) is 0 Å². The Morgan fingerprint density at radius 1 is 1.40 bits per heavy atom. The van der Waals surface area contributed by atoms with Crippen molar-refractivity contribution in [2.75, 3.05) is 25.9 Å². The van der Waals surface area contributed by atoms with Gasteiger partial charge in [0.1, 0.15) is 0 Å². The van der Waals surface area contributed by atoms with Crippen LogP contribution < -0.4 is 5.73 Å². The Balaban J connectivity index is 2.33. The molecule has 0 fully saturated rings. The predicted molar refractivity (Wildman–Crippen MR) is 66.0 cm³/mol. The van der Waals surface area contributed by atoms with Gasteiger partial charge in [-0.3, -0.25) is 0 Å². The summed E-state index contributed by atoms with van der Waals surface area (Å²) in [6, 6.07) is 5.65. The van der Waals surface area contributed by atoms with Crippen molar-refractivity contribution in [3.63, 3.8) is 0 Å². The lowest BCUT2D eigenvalue weighted by molar-refractivity contribution is 0.370. The lowest BCUT2D eigenvalue weighted by atomic mass is 9.98. The fourth-order valence-electron chi connectivity index (χ4n) is 1.82. The summed E-state index contributed by atoms with van der Waals surface area (Å²) in [5.74, 6) is 0. The lowest BCUT2D eigenvalue weighted by Crippen LogP contribution is -2.23. The fraction of sp³-hybridized carbons (Fsp3) is 0.333. The molecule has 1 aliphatic rings.